The van der Waals surface area contributed by atoms with Gasteiger partial charge in [-0.3, -0.25) is 4.79 Å². The molecule has 1 aromatic rings. The molecule has 0 saturated carbocycles. The van der Waals surface area contributed by atoms with E-state index in [-0.39, 0.29) is 25.7 Å². The second kappa shape index (κ2) is 8.19. The van der Waals surface area contributed by atoms with E-state index in [4.69, 9.17) is 4.74 Å². The highest BCUT2D eigenvalue weighted by Crippen LogP contribution is 2.25. The van der Waals surface area contributed by atoms with E-state index in [2.05, 4.69) is 10.1 Å². The van der Waals surface area contributed by atoms with Gasteiger partial charge in [-0.25, -0.2) is 0 Å². The number of aryl methyl sites for hydroxylation is 2. The molecule has 1 amide bonds. The van der Waals surface area contributed by atoms with E-state index >= 15 is 0 Å². The Morgan fingerprint density at radius 2 is 2.00 bits per heavy atom. The van der Waals surface area contributed by atoms with Crippen LogP contribution in [0.5, 0.6) is 5.75 Å². The molecule has 1 aromatic carbocycles. The Kier molecular flexibility index (Phi) is 6.27. The molecule has 0 fully saturated rings. The van der Waals surface area contributed by atoms with Crippen molar-refractivity contribution in [2.75, 3.05) is 26.4 Å². The van der Waals surface area contributed by atoms with Gasteiger partial charge >= 0.3 is 6.18 Å². The van der Waals surface area contributed by atoms with Crippen molar-refractivity contribution in [2.24, 2.45) is 0 Å². The third-order valence-electron chi connectivity index (χ3n) is 3.49. The number of carbonyl (C=O) groups excluding carboxylic acids is 1. The number of nitrogens with one attached hydrogen (secondary N) is 1. The van der Waals surface area contributed by atoms with E-state index in [1.54, 1.807) is 0 Å². The summed E-state index contributed by atoms with van der Waals surface area (Å²) in [5.74, 6) is 0.357. The highest BCUT2D eigenvalue weighted by atomic mass is 19.4. The van der Waals surface area contributed by atoms with Crippen molar-refractivity contribution >= 4 is 5.91 Å². The normalized spacial score (nSPS) is 13.7. The largest absolute Gasteiger partial charge is 0.484 e. The van der Waals surface area contributed by atoms with Crippen molar-refractivity contribution in [3.63, 3.8) is 0 Å². The number of carbonyl (C=O) groups is 1. The lowest BCUT2D eigenvalue weighted by molar-refractivity contribution is -0.174. The lowest BCUT2D eigenvalue weighted by atomic mass is 10.1. The second-order valence-electron chi connectivity index (χ2n) is 5.44. The molecule has 0 saturated heterocycles. The lowest BCUT2D eigenvalue weighted by Crippen LogP contribution is -2.30. The van der Waals surface area contributed by atoms with Crippen LogP contribution in [0.2, 0.25) is 0 Å². The number of rotatable bonds is 8. The van der Waals surface area contributed by atoms with Crippen LogP contribution >= 0.6 is 0 Å². The van der Waals surface area contributed by atoms with Gasteiger partial charge in [-0.15, -0.1) is 0 Å². The molecule has 1 N–H and O–H groups in total. The standard InChI is InChI=1S/C16H20F3NO3/c17-16(18,19)11-22-8-2-7-20-15(21)10-23-14-6-5-12-3-1-4-13(12)9-14/h5-6,9H,1-4,7-8,10-11H2,(H,20,21). The highest BCUT2D eigenvalue weighted by Gasteiger charge is 2.27. The van der Waals surface area contributed by atoms with Gasteiger partial charge in [-0.1, -0.05) is 6.07 Å². The Morgan fingerprint density at radius 1 is 1.22 bits per heavy atom. The van der Waals surface area contributed by atoms with Gasteiger partial charge in [0, 0.05) is 13.2 Å². The first-order chi connectivity index (χ1) is 10.9. The van der Waals surface area contributed by atoms with Crippen LogP contribution in [0.4, 0.5) is 13.2 Å². The first kappa shape index (κ1) is 17.6. The molecular weight excluding hydrogens is 311 g/mol. The average Bonchev–Trinajstić information content (AvgIpc) is 2.95. The van der Waals surface area contributed by atoms with E-state index in [1.807, 2.05) is 18.2 Å². The fourth-order valence-corrected chi connectivity index (χ4v) is 2.43. The first-order valence-electron chi connectivity index (χ1n) is 7.60. The Balaban J connectivity index is 1.57. The Labute approximate surface area is 133 Å². The molecule has 4 nitrogen and oxygen atoms in total. The number of amides is 1. The number of fused-ring (bicyclic) bond motifs is 1. The molecule has 23 heavy (non-hydrogen) atoms. The maximum Gasteiger partial charge on any atom is 0.411 e. The van der Waals surface area contributed by atoms with Gasteiger partial charge in [0.2, 0.25) is 0 Å². The molecule has 2 rings (SSSR count). The summed E-state index contributed by atoms with van der Waals surface area (Å²) in [6, 6.07) is 5.83. The van der Waals surface area contributed by atoms with Gasteiger partial charge in [0.25, 0.3) is 5.91 Å². The molecule has 0 bridgehead atoms. The number of hydrogen-bond acceptors (Lipinski definition) is 3. The van der Waals surface area contributed by atoms with Crippen LogP contribution in [0, 0.1) is 0 Å². The molecule has 0 aliphatic heterocycles. The zero-order valence-corrected chi connectivity index (χ0v) is 12.7. The van der Waals surface area contributed by atoms with Crippen molar-refractivity contribution in [3.8, 4) is 5.75 Å². The van der Waals surface area contributed by atoms with Gasteiger partial charge in [0.15, 0.2) is 6.61 Å². The molecule has 0 heterocycles. The van der Waals surface area contributed by atoms with Gasteiger partial charge in [0.1, 0.15) is 12.4 Å². The van der Waals surface area contributed by atoms with E-state index in [9.17, 15) is 18.0 Å². The molecule has 0 spiro atoms. The van der Waals surface area contributed by atoms with Crippen LogP contribution in [-0.2, 0) is 22.4 Å². The fraction of sp³-hybridized carbons (Fsp3) is 0.562. The van der Waals surface area contributed by atoms with E-state index in [0.717, 1.165) is 19.3 Å². The number of alkyl halides is 3. The van der Waals surface area contributed by atoms with E-state index in [1.165, 1.54) is 11.1 Å². The van der Waals surface area contributed by atoms with Crippen LogP contribution < -0.4 is 10.1 Å². The summed E-state index contributed by atoms with van der Waals surface area (Å²) in [5.41, 5.74) is 2.60. The molecule has 1 aliphatic rings. The minimum Gasteiger partial charge on any atom is -0.484 e. The summed E-state index contributed by atoms with van der Waals surface area (Å²) in [6.07, 6.45) is -0.716. The third kappa shape index (κ3) is 6.48. The van der Waals surface area contributed by atoms with Crippen LogP contribution in [0.25, 0.3) is 0 Å². The maximum absolute atomic E-state index is 11.8. The van der Waals surface area contributed by atoms with Crippen molar-refractivity contribution in [2.45, 2.75) is 31.9 Å². The van der Waals surface area contributed by atoms with Crippen LogP contribution in [0.1, 0.15) is 24.0 Å². The summed E-state index contributed by atoms with van der Waals surface area (Å²) < 4.78 is 45.3. The minimum absolute atomic E-state index is 0.0501. The number of hydrogen-bond donors (Lipinski definition) is 1. The minimum atomic E-state index is -4.31. The summed E-state index contributed by atoms with van der Waals surface area (Å²) >= 11 is 0. The third-order valence-corrected chi connectivity index (χ3v) is 3.49. The van der Waals surface area contributed by atoms with Crippen molar-refractivity contribution in [1.29, 1.82) is 0 Å². The molecular formula is C16H20F3NO3. The zero-order chi connectivity index (χ0) is 16.7. The van der Waals surface area contributed by atoms with Gasteiger partial charge in [-0.2, -0.15) is 13.2 Å². The predicted molar refractivity (Wildman–Crippen MR) is 78.5 cm³/mol. The van der Waals surface area contributed by atoms with Gasteiger partial charge < -0.3 is 14.8 Å². The van der Waals surface area contributed by atoms with Crippen molar-refractivity contribution in [3.05, 3.63) is 29.3 Å². The summed E-state index contributed by atoms with van der Waals surface area (Å²) in [5, 5.41) is 2.58. The summed E-state index contributed by atoms with van der Waals surface area (Å²) in [7, 11) is 0. The maximum atomic E-state index is 11.8. The molecule has 0 aromatic heterocycles. The van der Waals surface area contributed by atoms with Gasteiger partial charge in [0.05, 0.1) is 0 Å². The summed E-state index contributed by atoms with van der Waals surface area (Å²) in [4.78, 5) is 11.6. The first-order valence-corrected chi connectivity index (χ1v) is 7.60. The van der Waals surface area contributed by atoms with E-state index in [0.29, 0.717) is 12.2 Å². The molecule has 7 heteroatoms. The molecule has 0 atom stereocenters. The molecule has 0 radical (unpaired) electrons. The summed E-state index contributed by atoms with van der Waals surface area (Å²) in [6.45, 7) is -1.17. The Morgan fingerprint density at radius 3 is 2.78 bits per heavy atom. The van der Waals surface area contributed by atoms with Crippen molar-refractivity contribution < 1.29 is 27.4 Å². The highest BCUT2D eigenvalue weighted by molar-refractivity contribution is 5.77. The predicted octanol–water partition coefficient (Wildman–Crippen LogP) is 2.64. The smallest absolute Gasteiger partial charge is 0.411 e. The fourth-order valence-electron chi connectivity index (χ4n) is 2.43. The molecule has 1 aliphatic carbocycles. The van der Waals surface area contributed by atoms with Crippen molar-refractivity contribution in [1.82, 2.24) is 5.32 Å². The Hall–Kier alpha value is -1.76. The monoisotopic (exact) mass is 331 g/mol. The van der Waals surface area contributed by atoms with Crippen LogP contribution in [0.15, 0.2) is 18.2 Å². The SMILES string of the molecule is O=C(COc1ccc2c(c1)CCC2)NCCCOCC(F)(F)F. The molecule has 0 unspecified atom stereocenters. The van der Waals surface area contributed by atoms with E-state index < -0.39 is 12.8 Å². The number of benzene rings is 1. The zero-order valence-electron chi connectivity index (χ0n) is 12.7. The average molecular weight is 331 g/mol. The van der Waals surface area contributed by atoms with Gasteiger partial charge in [-0.05, 0) is 48.9 Å². The lowest BCUT2D eigenvalue weighted by Gasteiger charge is -2.10. The van der Waals surface area contributed by atoms with Crippen LogP contribution in [-0.4, -0.2) is 38.4 Å². The Bertz CT molecular complexity index is 532. The quantitative estimate of drug-likeness (QED) is 0.745. The number of ether oxygens (including phenoxy) is 2. The second-order valence-corrected chi connectivity index (χ2v) is 5.44. The molecule has 128 valence electrons. The van der Waals surface area contributed by atoms with Crippen LogP contribution in [0.3, 0.4) is 0 Å². The number of halogens is 3. The topological polar surface area (TPSA) is 47.6 Å².